The maximum Gasteiger partial charge on any atom is 0.235 e. The molecule has 10 aromatic rings. The third-order valence-electron chi connectivity index (χ3n) is 11.3. The molecule has 262 valence electrons. The maximum atomic E-state index is 5.39. The number of aromatic nitrogens is 4. The van der Waals surface area contributed by atoms with Crippen LogP contribution in [0.5, 0.6) is 0 Å². The number of pyridine rings is 1. The summed E-state index contributed by atoms with van der Waals surface area (Å²) in [4.78, 5) is 10.8. The van der Waals surface area contributed by atoms with Gasteiger partial charge in [0.25, 0.3) is 0 Å². The van der Waals surface area contributed by atoms with Crippen LogP contribution >= 0.6 is 0 Å². The zero-order valence-corrected chi connectivity index (χ0v) is 33.6. The van der Waals surface area contributed by atoms with Crippen molar-refractivity contribution in [1.29, 1.82) is 0 Å². The van der Waals surface area contributed by atoms with Crippen LogP contribution in [0.1, 0.15) is 0 Å². The Kier molecular flexibility index (Phi) is 7.19. The SMILES string of the molecule is C[Si](C)(C)c1ccc(-c2cc(-c3ccc([Si](C)(C)C)cc3)nc(-n3c4ccccc4c4c5cc6c7ccccc7c7ccccc7n6c5ccc43)n2)cc1. The molecule has 10 rings (SSSR count). The Morgan fingerprint density at radius 2 is 0.852 bits per heavy atom. The van der Waals surface area contributed by atoms with E-state index in [9.17, 15) is 0 Å². The number of rotatable bonds is 5. The molecule has 0 aliphatic heterocycles. The fourth-order valence-electron chi connectivity index (χ4n) is 8.37. The number of para-hydroxylation sites is 2. The van der Waals surface area contributed by atoms with E-state index in [1.54, 1.807) is 0 Å². The van der Waals surface area contributed by atoms with Crippen molar-refractivity contribution in [3.05, 3.63) is 146 Å². The molecular formula is C48H42N4Si2. The standard InChI is InChI=1S/C48H42N4Si2/c1-53(2,3)33-23-19-31(20-24-33)40-30-41(32-21-25-34(26-22-32)54(4,5)6)50-48(49-40)52-43-18-12-10-16-38(43)47-39-29-46-37-15-8-7-13-35(37)36-14-9-11-17-42(36)51(46)44(39)27-28-45(47)52/h7-30H,1-6H3. The molecule has 0 unspecified atom stereocenters. The fraction of sp³-hybridized carbons (Fsp3) is 0.125. The quantitative estimate of drug-likeness (QED) is 0.131. The molecule has 0 fully saturated rings. The Balaban J connectivity index is 1.27. The normalized spacial score (nSPS) is 12.6. The van der Waals surface area contributed by atoms with E-state index in [1.807, 2.05) is 0 Å². The second-order valence-electron chi connectivity index (χ2n) is 16.8. The highest BCUT2D eigenvalue weighted by Gasteiger charge is 2.22. The molecule has 6 heteroatoms. The summed E-state index contributed by atoms with van der Waals surface area (Å²) in [6, 6.07) is 53.6. The van der Waals surface area contributed by atoms with E-state index in [4.69, 9.17) is 9.97 Å². The summed E-state index contributed by atoms with van der Waals surface area (Å²) in [6.45, 7) is 14.4. The topological polar surface area (TPSA) is 35.1 Å². The van der Waals surface area contributed by atoms with E-state index in [-0.39, 0.29) is 0 Å². The van der Waals surface area contributed by atoms with Crippen LogP contribution in [0.4, 0.5) is 0 Å². The van der Waals surface area contributed by atoms with E-state index in [0.717, 1.165) is 33.5 Å². The number of hydrogen-bond donors (Lipinski definition) is 0. The fourth-order valence-corrected chi connectivity index (χ4v) is 10.7. The molecule has 0 radical (unpaired) electrons. The van der Waals surface area contributed by atoms with Gasteiger partial charge in [-0.05, 0) is 41.8 Å². The molecule has 54 heavy (non-hydrogen) atoms. The number of nitrogens with zero attached hydrogens (tertiary/aromatic N) is 4. The first kappa shape index (κ1) is 32.8. The first-order chi connectivity index (χ1) is 26.0. The second-order valence-corrected chi connectivity index (χ2v) is 26.9. The number of hydrogen-bond acceptors (Lipinski definition) is 2. The van der Waals surface area contributed by atoms with Crippen molar-refractivity contribution < 1.29 is 0 Å². The minimum absolute atomic E-state index is 0.677. The Bertz CT molecular complexity index is 3030. The van der Waals surface area contributed by atoms with Gasteiger partial charge in [-0.1, -0.05) is 159 Å². The third-order valence-corrected chi connectivity index (χ3v) is 15.4. The van der Waals surface area contributed by atoms with Crippen LogP contribution in [-0.4, -0.2) is 35.1 Å². The molecule has 4 nitrogen and oxygen atoms in total. The molecular weight excluding hydrogens is 689 g/mol. The second kappa shape index (κ2) is 11.8. The monoisotopic (exact) mass is 730 g/mol. The van der Waals surface area contributed by atoms with Gasteiger partial charge in [0.1, 0.15) is 0 Å². The van der Waals surface area contributed by atoms with Gasteiger partial charge in [-0.3, -0.25) is 4.57 Å². The zero-order chi connectivity index (χ0) is 36.9. The summed E-state index contributed by atoms with van der Waals surface area (Å²) >= 11 is 0. The van der Waals surface area contributed by atoms with E-state index in [0.29, 0.717) is 5.95 Å². The summed E-state index contributed by atoms with van der Waals surface area (Å²) in [5.41, 5.74) is 9.86. The lowest BCUT2D eigenvalue weighted by Crippen LogP contribution is -2.37. The Labute approximate surface area is 317 Å². The lowest BCUT2D eigenvalue weighted by atomic mass is 10.0. The van der Waals surface area contributed by atoms with Crippen molar-refractivity contribution in [2.24, 2.45) is 0 Å². The molecule has 0 aliphatic rings. The van der Waals surface area contributed by atoms with Crippen LogP contribution in [0.15, 0.2) is 146 Å². The Hall–Kier alpha value is -5.83. The molecule has 0 saturated heterocycles. The highest BCUT2D eigenvalue weighted by atomic mass is 28.3. The first-order valence-electron chi connectivity index (χ1n) is 18.9. The predicted octanol–water partition coefficient (Wildman–Crippen LogP) is 11.7. The minimum Gasteiger partial charge on any atom is -0.309 e. The van der Waals surface area contributed by atoms with Crippen LogP contribution in [0.25, 0.3) is 88.4 Å². The van der Waals surface area contributed by atoms with Crippen molar-refractivity contribution in [1.82, 2.24) is 18.9 Å². The summed E-state index contributed by atoms with van der Waals surface area (Å²) in [7, 11) is -2.92. The van der Waals surface area contributed by atoms with Gasteiger partial charge in [0.15, 0.2) is 0 Å². The Morgan fingerprint density at radius 1 is 0.389 bits per heavy atom. The van der Waals surface area contributed by atoms with Crippen molar-refractivity contribution in [3.8, 4) is 28.5 Å². The minimum atomic E-state index is -1.46. The van der Waals surface area contributed by atoms with Crippen LogP contribution < -0.4 is 10.4 Å². The summed E-state index contributed by atoms with van der Waals surface area (Å²) in [5, 5.41) is 10.3. The van der Waals surface area contributed by atoms with Gasteiger partial charge >= 0.3 is 0 Å². The van der Waals surface area contributed by atoms with Crippen molar-refractivity contribution in [2.75, 3.05) is 0 Å². The lowest BCUT2D eigenvalue weighted by molar-refractivity contribution is 0.996. The Morgan fingerprint density at radius 3 is 1.43 bits per heavy atom. The van der Waals surface area contributed by atoms with Crippen molar-refractivity contribution in [3.63, 3.8) is 0 Å². The van der Waals surface area contributed by atoms with Gasteiger partial charge in [-0.15, -0.1) is 0 Å². The van der Waals surface area contributed by atoms with E-state index in [2.05, 4.69) is 194 Å². The molecule has 4 aromatic heterocycles. The lowest BCUT2D eigenvalue weighted by Gasteiger charge is -2.18. The summed E-state index contributed by atoms with van der Waals surface area (Å²) in [6.07, 6.45) is 0. The van der Waals surface area contributed by atoms with Crippen molar-refractivity contribution >= 4 is 86.4 Å². The zero-order valence-electron chi connectivity index (χ0n) is 31.6. The molecule has 0 N–H and O–H groups in total. The highest BCUT2D eigenvalue weighted by Crippen LogP contribution is 2.41. The van der Waals surface area contributed by atoms with E-state index < -0.39 is 16.1 Å². The van der Waals surface area contributed by atoms with Crippen LogP contribution in [0, 0.1) is 0 Å². The number of fused-ring (bicyclic) bond motifs is 12. The van der Waals surface area contributed by atoms with Crippen LogP contribution in [0.3, 0.4) is 0 Å². The van der Waals surface area contributed by atoms with Gasteiger partial charge in [0.05, 0.1) is 55.1 Å². The van der Waals surface area contributed by atoms with Gasteiger partial charge < -0.3 is 4.40 Å². The molecule has 0 amide bonds. The maximum absolute atomic E-state index is 5.39. The van der Waals surface area contributed by atoms with Crippen LogP contribution in [-0.2, 0) is 0 Å². The number of benzene rings is 6. The smallest absolute Gasteiger partial charge is 0.235 e. The van der Waals surface area contributed by atoms with E-state index >= 15 is 0 Å². The van der Waals surface area contributed by atoms with Crippen LogP contribution in [0.2, 0.25) is 39.3 Å². The summed E-state index contributed by atoms with van der Waals surface area (Å²) < 4.78 is 4.73. The first-order valence-corrected chi connectivity index (χ1v) is 25.9. The molecule has 0 atom stereocenters. The molecule has 0 bridgehead atoms. The largest absolute Gasteiger partial charge is 0.309 e. The summed E-state index contributed by atoms with van der Waals surface area (Å²) in [5.74, 6) is 0.677. The molecule has 6 aromatic carbocycles. The van der Waals surface area contributed by atoms with Gasteiger partial charge in [0.2, 0.25) is 5.95 Å². The average molecular weight is 731 g/mol. The van der Waals surface area contributed by atoms with Crippen molar-refractivity contribution in [2.45, 2.75) is 39.3 Å². The third kappa shape index (κ3) is 5.08. The molecule has 4 heterocycles. The highest BCUT2D eigenvalue weighted by molar-refractivity contribution is 6.89. The average Bonchev–Trinajstić information content (AvgIpc) is 3.74. The molecule has 0 spiro atoms. The van der Waals surface area contributed by atoms with Gasteiger partial charge in [-0.25, -0.2) is 9.97 Å². The van der Waals surface area contributed by atoms with E-state index in [1.165, 1.54) is 59.2 Å². The van der Waals surface area contributed by atoms with Gasteiger partial charge in [-0.2, -0.15) is 0 Å². The van der Waals surface area contributed by atoms with Gasteiger partial charge in [0, 0.05) is 38.1 Å². The molecule has 0 saturated carbocycles. The predicted molar refractivity (Wildman–Crippen MR) is 237 cm³/mol. The molecule has 0 aliphatic carbocycles.